The first kappa shape index (κ1) is 14.1. The lowest BCUT2D eigenvalue weighted by atomic mass is 10.1. The number of nitrogens with zero attached hydrogens (tertiary/aromatic N) is 3. The first-order valence-electron chi connectivity index (χ1n) is 7.33. The number of hydrogen-bond acceptors (Lipinski definition) is 5. The Kier molecular flexibility index (Phi) is 3.47. The van der Waals surface area contributed by atoms with Crippen molar-refractivity contribution in [2.24, 2.45) is 0 Å². The number of pyridine rings is 2. The van der Waals surface area contributed by atoms with E-state index in [-0.39, 0.29) is 11.6 Å². The van der Waals surface area contributed by atoms with Crippen molar-refractivity contribution in [3.63, 3.8) is 0 Å². The molecule has 0 unspecified atom stereocenters. The molecule has 0 saturated carbocycles. The van der Waals surface area contributed by atoms with Gasteiger partial charge in [0.05, 0.1) is 11.2 Å². The van der Waals surface area contributed by atoms with E-state index in [4.69, 9.17) is 4.52 Å². The Balaban J connectivity index is 1.62. The van der Waals surface area contributed by atoms with Crippen molar-refractivity contribution < 1.29 is 9.32 Å². The summed E-state index contributed by atoms with van der Waals surface area (Å²) < 4.78 is 5.23. The molecule has 0 radical (unpaired) electrons. The second kappa shape index (κ2) is 5.92. The Morgan fingerprint density at radius 1 is 1.04 bits per heavy atom. The van der Waals surface area contributed by atoms with E-state index in [2.05, 4.69) is 20.4 Å². The van der Waals surface area contributed by atoms with Crippen LogP contribution in [0, 0.1) is 0 Å². The fourth-order valence-corrected chi connectivity index (χ4v) is 2.43. The number of nitrogens with one attached hydrogen (secondary N) is 1. The van der Waals surface area contributed by atoms with Crippen molar-refractivity contribution in [1.82, 2.24) is 15.1 Å². The normalized spacial score (nSPS) is 10.7. The molecular weight excluding hydrogens is 304 g/mol. The van der Waals surface area contributed by atoms with E-state index in [9.17, 15) is 4.79 Å². The highest BCUT2D eigenvalue weighted by Gasteiger charge is 2.15. The third-order valence-electron chi connectivity index (χ3n) is 3.58. The maximum absolute atomic E-state index is 12.4. The molecule has 0 saturated heterocycles. The average molecular weight is 316 g/mol. The molecule has 0 bridgehead atoms. The van der Waals surface area contributed by atoms with Crippen molar-refractivity contribution in [2.45, 2.75) is 0 Å². The highest BCUT2D eigenvalue weighted by molar-refractivity contribution is 6.07. The van der Waals surface area contributed by atoms with Gasteiger partial charge >= 0.3 is 0 Å². The summed E-state index contributed by atoms with van der Waals surface area (Å²) in [6, 6.07) is 14.5. The smallest absolute Gasteiger partial charge is 0.277 e. The van der Waals surface area contributed by atoms with Crippen LogP contribution in [0.25, 0.3) is 22.2 Å². The molecule has 3 aromatic heterocycles. The molecule has 1 N–H and O–H groups in total. The minimum atomic E-state index is -0.342. The predicted molar refractivity (Wildman–Crippen MR) is 89.4 cm³/mol. The van der Waals surface area contributed by atoms with Gasteiger partial charge in [-0.1, -0.05) is 11.2 Å². The van der Waals surface area contributed by atoms with Crippen LogP contribution in [0.2, 0.25) is 0 Å². The van der Waals surface area contributed by atoms with E-state index < -0.39 is 0 Å². The second-order valence-corrected chi connectivity index (χ2v) is 5.15. The van der Waals surface area contributed by atoms with Gasteiger partial charge in [-0.05, 0) is 36.4 Å². The lowest BCUT2D eigenvalue weighted by Gasteiger charge is -2.06. The quantitative estimate of drug-likeness (QED) is 0.625. The van der Waals surface area contributed by atoms with Crippen molar-refractivity contribution >= 4 is 22.5 Å². The summed E-state index contributed by atoms with van der Waals surface area (Å²) in [5.41, 5.74) is 2.45. The summed E-state index contributed by atoms with van der Waals surface area (Å²) in [6.45, 7) is 0. The lowest BCUT2D eigenvalue weighted by molar-refractivity contribution is 0.101. The molecule has 1 amide bonds. The third kappa shape index (κ3) is 2.61. The summed E-state index contributed by atoms with van der Waals surface area (Å²) in [5.74, 6) is 0.151. The van der Waals surface area contributed by atoms with Crippen LogP contribution in [0.1, 0.15) is 10.5 Å². The monoisotopic (exact) mass is 316 g/mol. The first-order valence-corrected chi connectivity index (χ1v) is 7.33. The Bertz CT molecular complexity index is 1010. The highest BCUT2D eigenvalue weighted by Crippen LogP contribution is 2.23. The number of anilines is 1. The number of carbonyl (C=O) groups excluding carboxylic acids is 1. The van der Waals surface area contributed by atoms with Gasteiger partial charge < -0.3 is 9.84 Å². The Morgan fingerprint density at radius 3 is 2.83 bits per heavy atom. The van der Waals surface area contributed by atoms with Gasteiger partial charge in [-0.15, -0.1) is 0 Å². The van der Waals surface area contributed by atoms with Crippen LogP contribution in [0.4, 0.5) is 5.69 Å². The standard InChI is InChI=1S/C18H12N4O2/c23-18(16-10-17(24-22-16)12-4-2-8-19-11-12)21-15-7-1-6-14-13(15)5-3-9-20-14/h1-11H,(H,21,23). The molecule has 24 heavy (non-hydrogen) atoms. The number of rotatable bonds is 3. The van der Waals surface area contributed by atoms with Gasteiger partial charge in [0, 0.05) is 35.6 Å². The number of aromatic nitrogens is 3. The minimum Gasteiger partial charge on any atom is -0.355 e. The van der Waals surface area contributed by atoms with Gasteiger partial charge in [0.1, 0.15) is 0 Å². The molecule has 0 aliphatic rings. The predicted octanol–water partition coefficient (Wildman–Crippen LogP) is 3.54. The molecule has 116 valence electrons. The van der Waals surface area contributed by atoms with Gasteiger partial charge in [-0.25, -0.2) is 0 Å². The third-order valence-corrected chi connectivity index (χ3v) is 3.58. The van der Waals surface area contributed by atoms with Gasteiger partial charge in [-0.3, -0.25) is 14.8 Å². The van der Waals surface area contributed by atoms with Gasteiger partial charge in [0.2, 0.25) is 0 Å². The Labute approximate surface area is 137 Å². The van der Waals surface area contributed by atoms with Gasteiger partial charge in [-0.2, -0.15) is 0 Å². The topological polar surface area (TPSA) is 80.9 Å². The van der Waals surface area contributed by atoms with Gasteiger partial charge in [0.15, 0.2) is 11.5 Å². The van der Waals surface area contributed by atoms with Crippen molar-refractivity contribution in [2.75, 3.05) is 5.32 Å². The zero-order valence-electron chi connectivity index (χ0n) is 12.5. The van der Waals surface area contributed by atoms with Gasteiger partial charge in [0.25, 0.3) is 5.91 Å². The Morgan fingerprint density at radius 2 is 1.96 bits per heavy atom. The SMILES string of the molecule is O=C(Nc1cccc2ncccc12)c1cc(-c2cccnc2)on1. The number of amides is 1. The summed E-state index contributed by atoms with van der Waals surface area (Å²) in [6.07, 6.45) is 5.03. The summed E-state index contributed by atoms with van der Waals surface area (Å²) in [7, 11) is 0. The zero-order valence-corrected chi connectivity index (χ0v) is 12.5. The molecule has 3 heterocycles. The fourth-order valence-electron chi connectivity index (χ4n) is 2.43. The molecule has 0 atom stereocenters. The maximum atomic E-state index is 12.4. The minimum absolute atomic E-state index is 0.203. The van der Waals surface area contributed by atoms with E-state index in [1.807, 2.05) is 36.4 Å². The molecule has 1 aromatic carbocycles. The first-order chi connectivity index (χ1) is 11.8. The highest BCUT2D eigenvalue weighted by atomic mass is 16.5. The molecule has 0 fully saturated rings. The number of fused-ring (bicyclic) bond motifs is 1. The van der Waals surface area contributed by atoms with Crippen LogP contribution < -0.4 is 5.32 Å². The molecule has 4 aromatic rings. The maximum Gasteiger partial charge on any atom is 0.277 e. The molecule has 4 rings (SSSR count). The van der Waals surface area contributed by atoms with Crippen molar-refractivity contribution in [3.8, 4) is 11.3 Å². The van der Waals surface area contributed by atoms with Crippen LogP contribution in [0.15, 0.2) is 71.6 Å². The van der Waals surface area contributed by atoms with Crippen LogP contribution in [0.3, 0.4) is 0 Å². The number of hydrogen-bond donors (Lipinski definition) is 1. The Hall–Kier alpha value is -3.54. The van der Waals surface area contributed by atoms with E-state index in [0.29, 0.717) is 11.4 Å². The van der Waals surface area contributed by atoms with Crippen molar-refractivity contribution in [3.05, 3.63) is 72.8 Å². The van der Waals surface area contributed by atoms with Crippen molar-refractivity contribution in [1.29, 1.82) is 0 Å². The number of carbonyl (C=O) groups is 1. The molecule has 0 aliphatic carbocycles. The summed E-state index contributed by atoms with van der Waals surface area (Å²) >= 11 is 0. The van der Waals surface area contributed by atoms with E-state index in [1.165, 1.54) is 0 Å². The zero-order chi connectivity index (χ0) is 16.4. The van der Waals surface area contributed by atoms with Crippen LogP contribution in [-0.2, 0) is 0 Å². The van der Waals surface area contributed by atoms with E-state index >= 15 is 0 Å². The molecular formula is C18H12N4O2. The summed E-state index contributed by atoms with van der Waals surface area (Å²) in [4.78, 5) is 20.7. The molecule has 6 heteroatoms. The second-order valence-electron chi connectivity index (χ2n) is 5.15. The fraction of sp³-hybridized carbons (Fsp3) is 0. The molecule has 0 spiro atoms. The average Bonchev–Trinajstić information content (AvgIpc) is 3.13. The largest absolute Gasteiger partial charge is 0.355 e. The van der Waals surface area contributed by atoms with Crippen LogP contribution in [-0.4, -0.2) is 21.0 Å². The lowest BCUT2D eigenvalue weighted by Crippen LogP contribution is -2.12. The van der Waals surface area contributed by atoms with Crippen LogP contribution in [0.5, 0.6) is 0 Å². The van der Waals surface area contributed by atoms with E-state index in [1.54, 1.807) is 30.7 Å². The number of benzene rings is 1. The molecule has 6 nitrogen and oxygen atoms in total. The van der Waals surface area contributed by atoms with E-state index in [0.717, 1.165) is 16.5 Å². The van der Waals surface area contributed by atoms with Crippen LogP contribution >= 0.6 is 0 Å². The summed E-state index contributed by atoms with van der Waals surface area (Å²) in [5, 5.41) is 7.55. The molecule has 0 aliphatic heterocycles.